The fraction of sp³-hybridized carbons (Fsp3) is 0.294. The van der Waals surface area contributed by atoms with E-state index in [4.69, 9.17) is 10.5 Å². The number of hydrogen-bond donors (Lipinski definition) is 1. The van der Waals surface area contributed by atoms with E-state index in [0.29, 0.717) is 11.3 Å². The summed E-state index contributed by atoms with van der Waals surface area (Å²) in [5.41, 5.74) is 9.55. The van der Waals surface area contributed by atoms with E-state index in [2.05, 4.69) is 12.1 Å². The Morgan fingerprint density at radius 1 is 1.23 bits per heavy atom. The molecule has 0 bridgehead atoms. The lowest BCUT2D eigenvalue weighted by molar-refractivity contribution is 0.0461. The van der Waals surface area contributed by atoms with Crippen LogP contribution in [0.5, 0.6) is 0 Å². The first-order chi connectivity index (χ1) is 10.5. The van der Waals surface area contributed by atoms with E-state index in [9.17, 15) is 9.59 Å². The number of carbonyl (C=O) groups excluding carboxylic acids is 2. The first-order valence-corrected chi connectivity index (χ1v) is 7.28. The maximum absolute atomic E-state index is 12.1. The van der Waals surface area contributed by atoms with Crippen molar-refractivity contribution in [2.45, 2.75) is 25.9 Å². The summed E-state index contributed by atoms with van der Waals surface area (Å²) in [5.74, 6) is -1.02. The molecule has 5 heteroatoms. The summed E-state index contributed by atoms with van der Waals surface area (Å²) in [5, 5.41) is 0. The Kier molecular flexibility index (Phi) is 3.71. The lowest BCUT2D eigenvalue weighted by atomic mass is 10.1. The average Bonchev–Trinajstić information content (AvgIpc) is 3.10. The van der Waals surface area contributed by atoms with Gasteiger partial charge in [0.15, 0.2) is 0 Å². The molecule has 1 aromatic heterocycles. The minimum atomic E-state index is -0.562. The highest BCUT2D eigenvalue weighted by Gasteiger charge is 2.16. The van der Waals surface area contributed by atoms with Crippen molar-refractivity contribution in [2.24, 2.45) is 12.8 Å². The number of carbonyl (C=O) groups is 2. The maximum atomic E-state index is 12.1. The van der Waals surface area contributed by atoms with Crippen LogP contribution >= 0.6 is 0 Å². The number of aromatic nitrogens is 1. The van der Waals surface area contributed by atoms with Crippen molar-refractivity contribution in [2.75, 3.05) is 0 Å². The van der Waals surface area contributed by atoms with Gasteiger partial charge in [0.05, 0.1) is 5.56 Å². The molecule has 0 atom stereocenters. The van der Waals surface area contributed by atoms with E-state index in [1.54, 1.807) is 11.6 Å². The van der Waals surface area contributed by atoms with Crippen LogP contribution < -0.4 is 5.73 Å². The van der Waals surface area contributed by atoms with Gasteiger partial charge in [-0.3, -0.25) is 4.79 Å². The molecule has 0 aliphatic heterocycles. The zero-order chi connectivity index (χ0) is 15.7. The number of nitrogens with two attached hydrogens (primary N) is 1. The largest absolute Gasteiger partial charge is 0.456 e. The number of aryl methyl sites for hydroxylation is 3. The molecular formula is C17H18N2O3. The van der Waals surface area contributed by atoms with Gasteiger partial charge in [-0.1, -0.05) is 18.2 Å². The van der Waals surface area contributed by atoms with Crippen molar-refractivity contribution in [3.63, 3.8) is 0 Å². The molecule has 0 spiro atoms. The fourth-order valence-electron chi connectivity index (χ4n) is 2.84. The molecular weight excluding hydrogens is 280 g/mol. The zero-order valence-corrected chi connectivity index (χ0v) is 12.5. The van der Waals surface area contributed by atoms with Crippen molar-refractivity contribution in [3.8, 4) is 0 Å². The van der Waals surface area contributed by atoms with Crippen LogP contribution in [-0.2, 0) is 31.2 Å². The van der Waals surface area contributed by atoms with Crippen molar-refractivity contribution < 1.29 is 14.3 Å². The molecule has 0 radical (unpaired) electrons. The molecule has 1 aliphatic carbocycles. The molecule has 1 aliphatic rings. The standard InChI is InChI=1S/C17H18N2O3/c1-19-9-14(16(18)20)8-15(19)17(21)22-10-11-5-6-12-3-2-4-13(12)7-11/h5-9H,2-4,10H2,1H3,(H2,18,20). The highest BCUT2D eigenvalue weighted by Crippen LogP contribution is 2.23. The molecule has 2 N–H and O–H groups in total. The van der Waals surface area contributed by atoms with Crippen molar-refractivity contribution in [3.05, 3.63) is 58.4 Å². The number of fused-ring (bicyclic) bond motifs is 1. The van der Waals surface area contributed by atoms with E-state index in [1.807, 2.05) is 6.07 Å². The molecule has 5 nitrogen and oxygen atoms in total. The quantitative estimate of drug-likeness (QED) is 0.877. The second kappa shape index (κ2) is 5.67. The number of primary amides is 1. The number of esters is 1. The van der Waals surface area contributed by atoms with Crippen LogP contribution in [0.3, 0.4) is 0 Å². The van der Waals surface area contributed by atoms with Gasteiger partial charge in [0.2, 0.25) is 5.91 Å². The Labute approximate surface area is 128 Å². The molecule has 1 heterocycles. The van der Waals surface area contributed by atoms with E-state index >= 15 is 0 Å². The number of hydrogen-bond acceptors (Lipinski definition) is 3. The number of ether oxygens (including phenoxy) is 1. The zero-order valence-electron chi connectivity index (χ0n) is 12.5. The van der Waals surface area contributed by atoms with Gasteiger partial charge in [0.25, 0.3) is 0 Å². The van der Waals surface area contributed by atoms with E-state index in [1.165, 1.54) is 29.8 Å². The van der Waals surface area contributed by atoms with E-state index in [0.717, 1.165) is 18.4 Å². The summed E-state index contributed by atoms with van der Waals surface area (Å²) in [7, 11) is 1.68. The lowest BCUT2D eigenvalue weighted by Crippen LogP contribution is -2.10. The third-order valence-corrected chi connectivity index (χ3v) is 4.03. The van der Waals surface area contributed by atoms with Crippen molar-refractivity contribution in [1.82, 2.24) is 4.57 Å². The molecule has 114 valence electrons. The topological polar surface area (TPSA) is 74.3 Å². The van der Waals surface area contributed by atoms with Gasteiger partial charge in [-0.25, -0.2) is 4.79 Å². The van der Waals surface area contributed by atoms with Gasteiger partial charge in [0, 0.05) is 13.2 Å². The number of benzene rings is 1. The van der Waals surface area contributed by atoms with Gasteiger partial charge < -0.3 is 15.0 Å². The van der Waals surface area contributed by atoms with Gasteiger partial charge in [-0.05, 0) is 42.0 Å². The van der Waals surface area contributed by atoms with Crippen LogP contribution in [0.15, 0.2) is 30.5 Å². The Bertz CT molecular complexity index is 746. The summed E-state index contributed by atoms with van der Waals surface area (Å²) in [6.07, 6.45) is 4.94. The van der Waals surface area contributed by atoms with Crippen LogP contribution in [-0.4, -0.2) is 16.4 Å². The molecule has 0 saturated carbocycles. The third-order valence-electron chi connectivity index (χ3n) is 4.03. The van der Waals surface area contributed by atoms with Gasteiger partial charge in [-0.15, -0.1) is 0 Å². The smallest absolute Gasteiger partial charge is 0.355 e. The summed E-state index contributed by atoms with van der Waals surface area (Å²) in [4.78, 5) is 23.2. The first kappa shape index (κ1) is 14.4. The minimum absolute atomic E-state index is 0.225. The van der Waals surface area contributed by atoms with Gasteiger partial charge >= 0.3 is 5.97 Å². The molecule has 22 heavy (non-hydrogen) atoms. The van der Waals surface area contributed by atoms with Crippen LogP contribution in [0.1, 0.15) is 44.0 Å². The second-order valence-corrected chi connectivity index (χ2v) is 5.62. The molecule has 2 aromatic rings. The van der Waals surface area contributed by atoms with E-state index < -0.39 is 11.9 Å². The highest BCUT2D eigenvalue weighted by molar-refractivity contribution is 5.96. The van der Waals surface area contributed by atoms with E-state index in [-0.39, 0.29) is 6.61 Å². The van der Waals surface area contributed by atoms with Crippen LogP contribution in [0.4, 0.5) is 0 Å². The third kappa shape index (κ3) is 2.74. The Hall–Kier alpha value is -2.56. The maximum Gasteiger partial charge on any atom is 0.355 e. The summed E-state index contributed by atoms with van der Waals surface area (Å²) in [6, 6.07) is 7.67. The Morgan fingerprint density at radius 3 is 2.73 bits per heavy atom. The minimum Gasteiger partial charge on any atom is -0.456 e. The molecule has 3 rings (SSSR count). The molecule has 1 amide bonds. The normalized spacial score (nSPS) is 13.0. The lowest BCUT2D eigenvalue weighted by Gasteiger charge is -2.07. The highest BCUT2D eigenvalue weighted by atomic mass is 16.5. The van der Waals surface area contributed by atoms with Crippen molar-refractivity contribution in [1.29, 1.82) is 0 Å². The van der Waals surface area contributed by atoms with Crippen LogP contribution in [0.2, 0.25) is 0 Å². The SMILES string of the molecule is Cn1cc(C(N)=O)cc1C(=O)OCc1ccc2c(c1)CCC2. The average molecular weight is 298 g/mol. The number of amides is 1. The van der Waals surface area contributed by atoms with Crippen molar-refractivity contribution >= 4 is 11.9 Å². The van der Waals surface area contributed by atoms with Crippen LogP contribution in [0.25, 0.3) is 0 Å². The number of nitrogens with zero attached hydrogens (tertiary/aromatic N) is 1. The predicted octanol–water partition coefficient (Wildman–Crippen LogP) is 1.97. The summed E-state index contributed by atoms with van der Waals surface area (Å²) >= 11 is 0. The number of rotatable bonds is 4. The predicted molar refractivity (Wildman–Crippen MR) is 81.5 cm³/mol. The fourth-order valence-corrected chi connectivity index (χ4v) is 2.84. The first-order valence-electron chi connectivity index (χ1n) is 7.28. The Balaban J connectivity index is 1.68. The summed E-state index contributed by atoms with van der Waals surface area (Å²) in [6.45, 7) is 0.225. The molecule has 0 fully saturated rings. The molecule has 1 aromatic carbocycles. The van der Waals surface area contributed by atoms with Gasteiger partial charge in [-0.2, -0.15) is 0 Å². The monoisotopic (exact) mass is 298 g/mol. The molecule has 0 unspecified atom stereocenters. The Morgan fingerprint density at radius 2 is 2.00 bits per heavy atom. The summed E-state index contributed by atoms with van der Waals surface area (Å²) < 4.78 is 6.88. The van der Waals surface area contributed by atoms with Gasteiger partial charge in [0.1, 0.15) is 12.3 Å². The van der Waals surface area contributed by atoms with Crippen LogP contribution in [0, 0.1) is 0 Å². The second-order valence-electron chi connectivity index (χ2n) is 5.62. The molecule has 0 saturated heterocycles.